The highest BCUT2D eigenvalue weighted by atomic mass is 32.2. The van der Waals surface area contributed by atoms with Gasteiger partial charge in [-0.25, -0.2) is 8.42 Å². The molecule has 2 saturated heterocycles. The fourth-order valence-electron chi connectivity index (χ4n) is 5.54. The second-order valence-corrected chi connectivity index (χ2v) is 12.5. The number of carbonyl (C=O) groups is 2. The molecule has 2 aromatic rings. The molecule has 0 radical (unpaired) electrons. The van der Waals surface area contributed by atoms with Gasteiger partial charge in [-0.15, -0.1) is 0 Å². The summed E-state index contributed by atoms with van der Waals surface area (Å²) in [4.78, 5) is 29.3. The molecule has 0 saturated carbocycles. The Kier molecular flexibility index (Phi) is 9.36. The second kappa shape index (κ2) is 13.1. The number of nitrogens with zero attached hydrogens (tertiary/aromatic N) is 3. The number of anilines is 1. The molecule has 2 aromatic carbocycles. The first-order valence-corrected chi connectivity index (χ1v) is 15.5. The van der Waals surface area contributed by atoms with E-state index in [0.29, 0.717) is 31.2 Å². The smallest absolute Gasteiger partial charge is 0.265 e. The van der Waals surface area contributed by atoms with Crippen LogP contribution in [0.15, 0.2) is 53.4 Å². The largest absolute Gasteiger partial charge is 0.482 e. The predicted octanol–water partition coefficient (Wildman–Crippen LogP) is 1.89. The lowest BCUT2D eigenvalue weighted by Gasteiger charge is -2.32. The van der Waals surface area contributed by atoms with E-state index in [2.05, 4.69) is 40.5 Å². The molecule has 216 valence electrons. The van der Waals surface area contributed by atoms with Crippen LogP contribution in [0, 0.1) is 5.92 Å². The molecule has 5 rings (SSSR count). The first kappa shape index (κ1) is 28.5. The number of likely N-dealkylation sites (tertiary alicyclic amines) is 1. The van der Waals surface area contributed by atoms with Gasteiger partial charge in [0.1, 0.15) is 12.3 Å². The number of carbonyl (C=O) groups excluding carboxylic acids is 2. The molecule has 2 fully saturated rings. The SMILES string of the molecule is O=C(CN1C(=O)COc2ccc(S(=O)(=O)N3CCOCC3)cc21)NCCCN1CCC(Cc2ccccc2)CC1. The molecule has 10 nitrogen and oxygen atoms in total. The highest BCUT2D eigenvalue weighted by Crippen LogP contribution is 2.35. The van der Waals surface area contributed by atoms with Crippen LogP contribution >= 0.6 is 0 Å². The zero-order chi connectivity index (χ0) is 28.0. The van der Waals surface area contributed by atoms with Crippen molar-refractivity contribution in [3.8, 4) is 5.75 Å². The van der Waals surface area contributed by atoms with Crippen LogP contribution in [0.3, 0.4) is 0 Å². The molecule has 3 aliphatic heterocycles. The number of sulfonamides is 1. The van der Waals surface area contributed by atoms with E-state index in [-0.39, 0.29) is 43.0 Å². The van der Waals surface area contributed by atoms with Crippen molar-refractivity contribution in [1.82, 2.24) is 14.5 Å². The number of amides is 2. The number of fused-ring (bicyclic) bond motifs is 1. The average Bonchev–Trinajstić information content (AvgIpc) is 2.98. The Labute approximate surface area is 236 Å². The lowest BCUT2D eigenvalue weighted by atomic mass is 9.90. The molecule has 3 aliphatic rings. The fraction of sp³-hybridized carbons (Fsp3) is 0.517. The van der Waals surface area contributed by atoms with Crippen LogP contribution in [0.2, 0.25) is 0 Å². The van der Waals surface area contributed by atoms with E-state index in [1.807, 2.05) is 0 Å². The van der Waals surface area contributed by atoms with Crippen molar-refractivity contribution in [2.75, 3.05) is 70.5 Å². The first-order chi connectivity index (χ1) is 19.4. The summed E-state index contributed by atoms with van der Waals surface area (Å²) in [6.45, 7) is 4.40. The van der Waals surface area contributed by atoms with Gasteiger partial charge in [0, 0.05) is 19.6 Å². The van der Waals surface area contributed by atoms with Gasteiger partial charge < -0.3 is 19.7 Å². The lowest BCUT2D eigenvalue weighted by molar-refractivity contribution is -0.125. The van der Waals surface area contributed by atoms with Crippen molar-refractivity contribution in [2.45, 2.75) is 30.6 Å². The van der Waals surface area contributed by atoms with Gasteiger partial charge in [-0.05, 0) is 75.0 Å². The van der Waals surface area contributed by atoms with Crippen molar-refractivity contribution in [1.29, 1.82) is 0 Å². The van der Waals surface area contributed by atoms with Crippen molar-refractivity contribution < 1.29 is 27.5 Å². The van der Waals surface area contributed by atoms with Gasteiger partial charge in [-0.3, -0.25) is 14.5 Å². The van der Waals surface area contributed by atoms with Crippen molar-refractivity contribution >= 4 is 27.5 Å². The van der Waals surface area contributed by atoms with Crippen LogP contribution in [0.1, 0.15) is 24.8 Å². The molecule has 11 heteroatoms. The average molecular weight is 571 g/mol. The molecule has 0 atom stereocenters. The van der Waals surface area contributed by atoms with Crippen molar-refractivity contribution in [3.05, 3.63) is 54.1 Å². The number of benzene rings is 2. The summed E-state index contributed by atoms with van der Waals surface area (Å²) < 4.78 is 38.4. The topological polar surface area (TPSA) is 108 Å². The van der Waals surface area contributed by atoms with E-state index in [0.717, 1.165) is 38.4 Å². The van der Waals surface area contributed by atoms with Gasteiger partial charge in [0.05, 0.1) is 23.8 Å². The summed E-state index contributed by atoms with van der Waals surface area (Å²) in [6.07, 6.45) is 4.32. The highest BCUT2D eigenvalue weighted by molar-refractivity contribution is 7.89. The van der Waals surface area contributed by atoms with E-state index >= 15 is 0 Å². The zero-order valence-electron chi connectivity index (χ0n) is 22.8. The number of ether oxygens (including phenoxy) is 2. The molecule has 0 aromatic heterocycles. The van der Waals surface area contributed by atoms with Crippen LogP contribution < -0.4 is 15.0 Å². The number of piperidine rings is 1. The number of hydrogen-bond acceptors (Lipinski definition) is 7. The van der Waals surface area contributed by atoms with Crippen LogP contribution in [-0.4, -0.2) is 95.1 Å². The van der Waals surface area contributed by atoms with Crippen LogP contribution in [-0.2, 0) is 30.8 Å². The molecule has 0 unspecified atom stereocenters. The van der Waals surface area contributed by atoms with E-state index in [4.69, 9.17) is 9.47 Å². The maximum absolute atomic E-state index is 13.1. The summed E-state index contributed by atoms with van der Waals surface area (Å²) in [6, 6.07) is 15.1. The van der Waals surface area contributed by atoms with E-state index < -0.39 is 10.0 Å². The lowest BCUT2D eigenvalue weighted by Crippen LogP contribution is -2.46. The summed E-state index contributed by atoms with van der Waals surface area (Å²) in [5.74, 6) is 0.423. The molecule has 3 heterocycles. The Hall–Kier alpha value is -2.99. The molecule has 2 amide bonds. The van der Waals surface area contributed by atoms with Gasteiger partial charge in [0.25, 0.3) is 5.91 Å². The minimum atomic E-state index is -3.76. The molecule has 0 spiro atoms. The van der Waals surface area contributed by atoms with Crippen molar-refractivity contribution in [3.63, 3.8) is 0 Å². The van der Waals surface area contributed by atoms with Crippen LogP contribution in [0.4, 0.5) is 5.69 Å². The molecular formula is C29H38N4O6S. The van der Waals surface area contributed by atoms with Gasteiger partial charge in [0.15, 0.2) is 6.61 Å². The molecule has 0 bridgehead atoms. The number of rotatable bonds is 10. The second-order valence-electron chi connectivity index (χ2n) is 10.6. The summed E-state index contributed by atoms with van der Waals surface area (Å²) >= 11 is 0. The monoisotopic (exact) mass is 570 g/mol. The Morgan fingerprint density at radius 1 is 1.00 bits per heavy atom. The maximum Gasteiger partial charge on any atom is 0.265 e. The fourth-order valence-corrected chi connectivity index (χ4v) is 6.97. The van der Waals surface area contributed by atoms with Crippen LogP contribution in [0.25, 0.3) is 0 Å². The quantitative estimate of drug-likeness (QED) is 0.435. The third kappa shape index (κ3) is 7.01. The van der Waals surface area contributed by atoms with Gasteiger partial charge >= 0.3 is 0 Å². The van der Waals surface area contributed by atoms with E-state index in [1.54, 1.807) is 6.07 Å². The van der Waals surface area contributed by atoms with E-state index in [1.165, 1.54) is 39.7 Å². The van der Waals surface area contributed by atoms with Crippen LogP contribution in [0.5, 0.6) is 5.75 Å². The standard InChI is InChI=1S/C29H38N4O6S/c34-28(30-11-4-12-31-13-9-24(10-14-31)19-23-5-2-1-3-6-23)21-33-26-20-25(7-8-27(26)39-22-29(33)35)40(36,37)32-15-17-38-18-16-32/h1-3,5-8,20,24H,4,9-19,21-22H2,(H,30,34). The molecule has 40 heavy (non-hydrogen) atoms. The highest BCUT2D eigenvalue weighted by Gasteiger charge is 2.32. The number of hydrogen-bond donors (Lipinski definition) is 1. The Morgan fingerprint density at radius 2 is 1.75 bits per heavy atom. The minimum Gasteiger partial charge on any atom is -0.482 e. The van der Waals surface area contributed by atoms with Gasteiger partial charge in [0.2, 0.25) is 15.9 Å². The summed E-state index contributed by atoms with van der Waals surface area (Å²) in [5, 5.41) is 2.92. The van der Waals surface area contributed by atoms with Gasteiger partial charge in [-0.2, -0.15) is 4.31 Å². The van der Waals surface area contributed by atoms with E-state index in [9.17, 15) is 18.0 Å². The molecule has 0 aliphatic carbocycles. The Balaban J connectivity index is 1.09. The van der Waals surface area contributed by atoms with Crippen molar-refractivity contribution in [2.24, 2.45) is 5.92 Å². The third-order valence-corrected chi connectivity index (χ3v) is 9.73. The normalized spacial score (nSPS) is 19.2. The maximum atomic E-state index is 13.1. The zero-order valence-corrected chi connectivity index (χ0v) is 23.6. The summed E-state index contributed by atoms with van der Waals surface area (Å²) in [5.41, 5.74) is 1.69. The minimum absolute atomic E-state index is 0.0596. The first-order valence-electron chi connectivity index (χ1n) is 14.1. The predicted molar refractivity (Wildman–Crippen MR) is 151 cm³/mol. The molecule has 1 N–H and O–H groups in total. The number of nitrogens with one attached hydrogen (secondary N) is 1. The van der Waals surface area contributed by atoms with Gasteiger partial charge in [-0.1, -0.05) is 30.3 Å². The number of morpholine rings is 1. The molecular weight excluding hydrogens is 532 g/mol. The summed E-state index contributed by atoms with van der Waals surface area (Å²) in [7, 11) is -3.76. The Bertz CT molecular complexity index is 1270. The Morgan fingerprint density at radius 3 is 2.50 bits per heavy atom. The third-order valence-electron chi connectivity index (χ3n) is 7.83.